The van der Waals surface area contributed by atoms with Crippen LogP contribution in [0.1, 0.15) is 40.6 Å². The number of aryl methyl sites for hydroxylation is 2. The molecule has 0 radical (unpaired) electrons. The molecule has 0 saturated heterocycles. The van der Waals surface area contributed by atoms with Crippen LogP contribution in [0.25, 0.3) is 11.6 Å². The lowest BCUT2D eigenvalue weighted by molar-refractivity contribution is 0.697. The molecule has 0 aliphatic heterocycles. The Hall–Kier alpha value is -1.34. The van der Waals surface area contributed by atoms with E-state index in [1.165, 1.54) is 41.7 Å². The molecule has 1 heteroatoms. The van der Waals surface area contributed by atoms with Crippen LogP contribution in [0, 0.1) is 0 Å². The maximum atomic E-state index is 2.39. The first-order valence-electron chi connectivity index (χ1n) is 6.68. The number of fused-ring (bicyclic) bond motifs is 1. The maximum Gasteiger partial charge on any atom is 0.0278 e. The molecule has 1 aliphatic carbocycles. The fourth-order valence-electron chi connectivity index (χ4n) is 2.58. The monoisotopic (exact) mass is 254 g/mol. The summed E-state index contributed by atoms with van der Waals surface area (Å²) in [6, 6.07) is 13.0. The van der Waals surface area contributed by atoms with E-state index < -0.39 is 0 Å². The Bertz CT molecular complexity index is 537. The summed E-state index contributed by atoms with van der Waals surface area (Å²) in [5, 5.41) is 0. The van der Waals surface area contributed by atoms with E-state index in [1.54, 1.807) is 10.4 Å². The van der Waals surface area contributed by atoms with Crippen molar-refractivity contribution in [1.82, 2.24) is 0 Å². The molecule has 0 atom stereocenters. The number of rotatable bonds is 2. The summed E-state index contributed by atoms with van der Waals surface area (Å²) >= 11 is 1.98. The summed E-state index contributed by atoms with van der Waals surface area (Å²) in [6.45, 7) is 2.20. The quantitative estimate of drug-likeness (QED) is 0.692. The van der Waals surface area contributed by atoms with Crippen molar-refractivity contribution in [3.8, 4) is 0 Å². The summed E-state index contributed by atoms with van der Waals surface area (Å²) in [6.07, 6.45) is 7.64. The molecule has 92 valence electrons. The van der Waals surface area contributed by atoms with Crippen LogP contribution in [-0.4, -0.2) is 0 Å². The number of hydrogen-bond acceptors (Lipinski definition) is 1. The zero-order chi connectivity index (χ0) is 12.4. The Morgan fingerprint density at radius 2 is 1.89 bits per heavy atom. The van der Waals surface area contributed by atoms with Crippen LogP contribution in [0.15, 0.2) is 36.4 Å². The molecule has 0 spiro atoms. The molecule has 1 aliphatic rings. The molecule has 0 amide bonds. The molecule has 0 saturated carbocycles. The molecule has 1 aromatic carbocycles. The van der Waals surface area contributed by atoms with Crippen molar-refractivity contribution in [2.75, 3.05) is 0 Å². The van der Waals surface area contributed by atoms with Gasteiger partial charge in [-0.05, 0) is 61.4 Å². The Kier molecular flexibility index (Phi) is 3.33. The summed E-state index contributed by atoms with van der Waals surface area (Å²) in [7, 11) is 0. The van der Waals surface area contributed by atoms with E-state index in [1.807, 2.05) is 11.3 Å². The predicted molar refractivity (Wildman–Crippen MR) is 80.9 cm³/mol. The highest BCUT2D eigenvalue weighted by molar-refractivity contribution is 7.13. The van der Waals surface area contributed by atoms with Gasteiger partial charge in [-0.1, -0.05) is 30.3 Å². The van der Waals surface area contributed by atoms with Crippen LogP contribution in [0.4, 0.5) is 0 Å². The minimum atomic E-state index is 1.28. The molecule has 1 aromatic heterocycles. The van der Waals surface area contributed by atoms with Gasteiger partial charge in [0, 0.05) is 9.75 Å². The fraction of sp³-hybridized carbons (Fsp3) is 0.294. The predicted octanol–water partition coefficient (Wildman–Crippen LogP) is 5.19. The third-order valence-corrected chi connectivity index (χ3v) is 4.79. The molecule has 18 heavy (non-hydrogen) atoms. The van der Waals surface area contributed by atoms with Crippen LogP contribution in [0.2, 0.25) is 0 Å². The Labute approximate surface area is 113 Å². The van der Waals surface area contributed by atoms with Crippen LogP contribution < -0.4 is 0 Å². The van der Waals surface area contributed by atoms with Crippen LogP contribution in [-0.2, 0) is 12.8 Å². The van der Waals surface area contributed by atoms with Gasteiger partial charge in [0.25, 0.3) is 0 Å². The van der Waals surface area contributed by atoms with Crippen molar-refractivity contribution in [3.05, 3.63) is 57.3 Å². The number of hydrogen-bond donors (Lipinski definition) is 0. The maximum absolute atomic E-state index is 2.39. The van der Waals surface area contributed by atoms with Crippen LogP contribution in [0.5, 0.6) is 0 Å². The molecule has 2 aromatic rings. The first-order chi connectivity index (χ1) is 8.83. The van der Waals surface area contributed by atoms with Gasteiger partial charge in [0.05, 0.1) is 0 Å². The smallest absolute Gasteiger partial charge is 0.0278 e. The Balaban J connectivity index is 1.89. The zero-order valence-electron chi connectivity index (χ0n) is 10.8. The zero-order valence-corrected chi connectivity index (χ0v) is 11.6. The second-order valence-electron chi connectivity index (χ2n) is 5.00. The van der Waals surface area contributed by atoms with Gasteiger partial charge in [-0.15, -0.1) is 11.3 Å². The highest BCUT2D eigenvalue weighted by Gasteiger charge is 2.12. The minimum absolute atomic E-state index is 1.28. The van der Waals surface area contributed by atoms with Gasteiger partial charge in [0.15, 0.2) is 0 Å². The highest BCUT2D eigenvalue weighted by atomic mass is 32.1. The minimum Gasteiger partial charge on any atom is -0.141 e. The number of thiophene rings is 1. The lowest BCUT2D eigenvalue weighted by Gasteiger charge is -2.08. The molecule has 0 N–H and O–H groups in total. The van der Waals surface area contributed by atoms with Crippen molar-refractivity contribution < 1.29 is 0 Å². The van der Waals surface area contributed by atoms with Crippen molar-refractivity contribution >= 4 is 23.0 Å². The van der Waals surface area contributed by atoms with Gasteiger partial charge in [-0.3, -0.25) is 0 Å². The largest absolute Gasteiger partial charge is 0.141 e. The normalized spacial score (nSPS) is 15.5. The molecule has 3 rings (SSSR count). The van der Waals surface area contributed by atoms with E-state index in [9.17, 15) is 0 Å². The van der Waals surface area contributed by atoms with E-state index in [-0.39, 0.29) is 0 Å². The molecule has 0 fully saturated rings. The standard InChI is InChI=1S/C17H18S/c1-13(14-7-3-2-4-8-14)11-16-12-15-9-5-6-10-17(15)18-16/h2-4,7-8,11-12H,5-6,9-10H2,1H3/b13-11-. The van der Waals surface area contributed by atoms with Crippen molar-refractivity contribution in [3.63, 3.8) is 0 Å². The molecule has 0 bridgehead atoms. The van der Waals surface area contributed by atoms with Crippen molar-refractivity contribution in [1.29, 1.82) is 0 Å². The van der Waals surface area contributed by atoms with E-state index in [2.05, 4.69) is 49.4 Å². The van der Waals surface area contributed by atoms with Crippen molar-refractivity contribution in [2.24, 2.45) is 0 Å². The van der Waals surface area contributed by atoms with Gasteiger partial charge in [-0.2, -0.15) is 0 Å². The molecular formula is C17H18S. The summed E-state index contributed by atoms with van der Waals surface area (Å²) in [5.41, 5.74) is 4.27. The third-order valence-electron chi connectivity index (χ3n) is 3.60. The molecular weight excluding hydrogens is 236 g/mol. The van der Waals surface area contributed by atoms with E-state index in [0.29, 0.717) is 0 Å². The van der Waals surface area contributed by atoms with E-state index in [4.69, 9.17) is 0 Å². The summed E-state index contributed by atoms with van der Waals surface area (Å²) in [4.78, 5) is 3.04. The lowest BCUT2D eigenvalue weighted by atomic mass is 9.99. The van der Waals surface area contributed by atoms with Gasteiger partial charge < -0.3 is 0 Å². The lowest BCUT2D eigenvalue weighted by Crippen LogP contribution is -1.96. The molecule has 0 unspecified atom stereocenters. The average Bonchev–Trinajstić information content (AvgIpc) is 2.82. The summed E-state index contributed by atoms with van der Waals surface area (Å²) < 4.78 is 0. The van der Waals surface area contributed by atoms with Crippen LogP contribution in [0.3, 0.4) is 0 Å². The van der Waals surface area contributed by atoms with Gasteiger partial charge in [0.1, 0.15) is 0 Å². The third kappa shape index (κ3) is 2.41. The number of benzene rings is 1. The highest BCUT2D eigenvalue weighted by Crippen LogP contribution is 2.31. The molecule has 0 nitrogen and oxygen atoms in total. The first-order valence-corrected chi connectivity index (χ1v) is 7.50. The van der Waals surface area contributed by atoms with Gasteiger partial charge >= 0.3 is 0 Å². The second kappa shape index (κ2) is 5.11. The number of allylic oxidation sites excluding steroid dienone is 1. The van der Waals surface area contributed by atoms with Crippen molar-refractivity contribution in [2.45, 2.75) is 32.6 Å². The van der Waals surface area contributed by atoms with Gasteiger partial charge in [0.2, 0.25) is 0 Å². The topological polar surface area (TPSA) is 0 Å². The SMILES string of the molecule is C/C(=C/c1cc2c(s1)CCCC2)c1ccccc1. The Morgan fingerprint density at radius 1 is 1.11 bits per heavy atom. The Morgan fingerprint density at radius 3 is 2.67 bits per heavy atom. The van der Waals surface area contributed by atoms with E-state index >= 15 is 0 Å². The van der Waals surface area contributed by atoms with Crippen LogP contribution >= 0.6 is 11.3 Å². The molecule has 1 heterocycles. The first kappa shape index (κ1) is 11.7. The van der Waals surface area contributed by atoms with E-state index in [0.717, 1.165) is 0 Å². The second-order valence-corrected chi connectivity index (χ2v) is 6.17. The summed E-state index contributed by atoms with van der Waals surface area (Å²) in [5.74, 6) is 0. The fourth-order valence-corrected chi connectivity index (χ4v) is 3.84. The van der Waals surface area contributed by atoms with Gasteiger partial charge in [-0.25, -0.2) is 0 Å². The average molecular weight is 254 g/mol.